The molecule has 2 aromatic carbocycles. The zero-order valence-corrected chi connectivity index (χ0v) is 19.3. The fraction of sp³-hybridized carbons (Fsp3) is 0.360. The Morgan fingerprint density at radius 3 is 2.91 bits per heavy atom. The summed E-state index contributed by atoms with van der Waals surface area (Å²) in [5, 5.41) is 12.5. The maximum Gasteiger partial charge on any atom is 0.229 e. The molecular weight excluding hydrogens is 438 g/mol. The Bertz CT molecular complexity index is 1230. The van der Waals surface area contributed by atoms with Gasteiger partial charge >= 0.3 is 0 Å². The standard InChI is InChI=1S/C25H26ClN5O2/c1-17(32)28-20-10-8-18-6-2-3-7-22(18)31(25(33)15-20)16-24-29-21-14-19(26)9-11-23(21)30(24)13-5-4-12-27/h2-3,6-7,9,11,14,20H,4-5,8,10,13,15-16H2,1H3,(H,28,32)/t20-/m0/s1. The van der Waals surface area contributed by atoms with Crippen molar-refractivity contribution in [3.05, 3.63) is 58.9 Å². The number of nitrogens with one attached hydrogen (secondary N) is 1. The van der Waals surface area contributed by atoms with Gasteiger partial charge in [-0.2, -0.15) is 5.26 Å². The number of halogens is 1. The number of benzene rings is 2. The van der Waals surface area contributed by atoms with Gasteiger partial charge in [-0.3, -0.25) is 9.59 Å². The average Bonchev–Trinajstić information content (AvgIpc) is 3.11. The number of anilines is 1. The molecule has 33 heavy (non-hydrogen) atoms. The summed E-state index contributed by atoms with van der Waals surface area (Å²) in [6.45, 7) is 2.39. The predicted octanol–water partition coefficient (Wildman–Crippen LogP) is 4.37. The molecule has 4 rings (SSSR count). The molecule has 0 saturated heterocycles. The minimum Gasteiger partial charge on any atom is -0.353 e. The monoisotopic (exact) mass is 463 g/mol. The second-order valence-corrected chi connectivity index (χ2v) is 8.76. The number of hydrogen-bond acceptors (Lipinski definition) is 4. The molecular formula is C25H26ClN5O2. The van der Waals surface area contributed by atoms with Crippen LogP contribution in [0.25, 0.3) is 11.0 Å². The van der Waals surface area contributed by atoms with Gasteiger partial charge in [0.2, 0.25) is 11.8 Å². The fourth-order valence-electron chi connectivity index (χ4n) is 4.44. The van der Waals surface area contributed by atoms with Gasteiger partial charge in [-0.1, -0.05) is 29.8 Å². The number of unbranched alkanes of at least 4 members (excludes halogenated alkanes) is 1. The minimum atomic E-state index is -0.209. The lowest BCUT2D eigenvalue weighted by molar-refractivity contribution is -0.121. The lowest BCUT2D eigenvalue weighted by Crippen LogP contribution is -2.42. The lowest BCUT2D eigenvalue weighted by Gasteiger charge is -2.30. The van der Waals surface area contributed by atoms with E-state index in [9.17, 15) is 9.59 Å². The molecule has 0 unspecified atom stereocenters. The van der Waals surface area contributed by atoms with Crippen LogP contribution in [0, 0.1) is 11.3 Å². The third kappa shape index (κ3) is 5.18. The Hall–Kier alpha value is -3.37. The molecule has 0 radical (unpaired) electrons. The van der Waals surface area contributed by atoms with Gasteiger partial charge in [0.1, 0.15) is 5.82 Å². The summed E-state index contributed by atoms with van der Waals surface area (Å²) in [7, 11) is 0. The molecule has 0 saturated carbocycles. The van der Waals surface area contributed by atoms with E-state index in [1.54, 1.807) is 4.90 Å². The van der Waals surface area contributed by atoms with Crippen LogP contribution in [0.3, 0.4) is 0 Å². The number of aromatic nitrogens is 2. The van der Waals surface area contributed by atoms with Crippen LogP contribution in [0.5, 0.6) is 0 Å². The first-order valence-corrected chi connectivity index (χ1v) is 11.5. The van der Waals surface area contributed by atoms with Crippen molar-refractivity contribution < 1.29 is 9.59 Å². The molecule has 1 aromatic heterocycles. The summed E-state index contributed by atoms with van der Waals surface area (Å²) in [4.78, 5) is 31.7. The lowest BCUT2D eigenvalue weighted by atomic mass is 9.97. The van der Waals surface area contributed by atoms with E-state index in [4.69, 9.17) is 21.8 Å². The Labute approximate surface area is 198 Å². The molecule has 8 heteroatoms. The van der Waals surface area contributed by atoms with Crippen LogP contribution in [-0.4, -0.2) is 27.4 Å². The molecule has 1 N–H and O–H groups in total. The van der Waals surface area contributed by atoms with Gasteiger partial charge in [-0.05, 0) is 49.1 Å². The van der Waals surface area contributed by atoms with E-state index < -0.39 is 0 Å². The van der Waals surface area contributed by atoms with E-state index in [0.29, 0.717) is 37.4 Å². The highest BCUT2D eigenvalue weighted by Gasteiger charge is 2.27. The number of aryl methyl sites for hydroxylation is 2. The van der Waals surface area contributed by atoms with Crippen molar-refractivity contribution in [2.45, 2.75) is 58.2 Å². The third-order valence-electron chi connectivity index (χ3n) is 5.93. The smallest absolute Gasteiger partial charge is 0.229 e. The minimum absolute atomic E-state index is 0.0606. The number of fused-ring (bicyclic) bond motifs is 2. The molecule has 1 atom stereocenters. The van der Waals surface area contributed by atoms with Crippen LogP contribution in [0.2, 0.25) is 5.02 Å². The van der Waals surface area contributed by atoms with Crippen LogP contribution >= 0.6 is 11.6 Å². The molecule has 2 amide bonds. The SMILES string of the molecule is CC(=O)N[C@H]1CCc2ccccc2N(Cc2nc3cc(Cl)ccc3n2CCCC#N)C(=O)C1. The molecule has 2 heterocycles. The van der Waals surface area contributed by atoms with Crippen molar-refractivity contribution in [2.75, 3.05) is 4.90 Å². The molecule has 0 fully saturated rings. The maximum atomic E-state index is 13.4. The van der Waals surface area contributed by atoms with Gasteiger partial charge in [-0.15, -0.1) is 0 Å². The third-order valence-corrected chi connectivity index (χ3v) is 6.17. The molecule has 7 nitrogen and oxygen atoms in total. The molecule has 3 aromatic rings. The van der Waals surface area contributed by atoms with Crippen LogP contribution in [0.4, 0.5) is 5.69 Å². The van der Waals surface area contributed by atoms with Crippen LogP contribution in [-0.2, 0) is 29.1 Å². The molecule has 170 valence electrons. The first-order valence-electron chi connectivity index (χ1n) is 11.1. The summed E-state index contributed by atoms with van der Waals surface area (Å²) >= 11 is 6.19. The highest BCUT2D eigenvalue weighted by atomic mass is 35.5. The summed E-state index contributed by atoms with van der Waals surface area (Å²) < 4.78 is 2.07. The molecule has 0 spiro atoms. The molecule has 0 bridgehead atoms. The maximum absolute atomic E-state index is 13.4. The largest absolute Gasteiger partial charge is 0.353 e. The number of amides is 2. The van der Waals surface area contributed by atoms with Crippen molar-refractivity contribution in [3.8, 4) is 6.07 Å². The quantitative estimate of drug-likeness (QED) is 0.549. The van der Waals surface area contributed by atoms with E-state index in [1.807, 2.05) is 42.5 Å². The van der Waals surface area contributed by atoms with Gasteiger partial charge < -0.3 is 14.8 Å². The van der Waals surface area contributed by atoms with E-state index in [-0.39, 0.29) is 24.3 Å². The Balaban J connectivity index is 1.73. The molecule has 0 aliphatic carbocycles. The Morgan fingerprint density at radius 1 is 1.30 bits per heavy atom. The van der Waals surface area contributed by atoms with Crippen LogP contribution < -0.4 is 10.2 Å². The van der Waals surface area contributed by atoms with Crippen molar-refractivity contribution in [2.24, 2.45) is 0 Å². The second kappa shape index (κ2) is 10.1. The Kier molecular flexibility index (Phi) is 6.95. The number of nitrogens with zero attached hydrogens (tertiary/aromatic N) is 4. The number of hydrogen-bond donors (Lipinski definition) is 1. The predicted molar refractivity (Wildman–Crippen MR) is 128 cm³/mol. The second-order valence-electron chi connectivity index (χ2n) is 8.32. The zero-order chi connectivity index (χ0) is 23.4. The molecule has 1 aliphatic rings. The van der Waals surface area contributed by atoms with Gasteiger partial charge in [0.05, 0.1) is 23.6 Å². The van der Waals surface area contributed by atoms with E-state index in [1.165, 1.54) is 6.92 Å². The normalized spacial score (nSPS) is 16.1. The first-order chi connectivity index (χ1) is 16.0. The highest BCUT2D eigenvalue weighted by molar-refractivity contribution is 6.31. The summed E-state index contributed by atoms with van der Waals surface area (Å²) in [5.74, 6) is 0.545. The number of rotatable bonds is 6. The van der Waals surface area contributed by atoms with Crippen LogP contribution in [0.1, 0.15) is 44.0 Å². The Morgan fingerprint density at radius 2 is 2.12 bits per heavy atom. The molecule has 1 aliphatic heterocycles. The van der Waals surface area contributed by atoms with Gasteiger partial charge in [0, 0.05) is 43.1 Å². The average molecular weight is 464 g/mol. The van der Waals surface area contributed by atoms with Gasteiger partial charge in [0.15, 0.2) is 0 Å². The summed E-state index contributed by atoms with van der Waals surface area (Å²) in [6.07, 6.45) is 2.83. The van der Waals surface area contributed by atoms with E-state index >= 15 is 0 Å². The number of nitriles is 1. The van der Waals surface area contributed by atoms with Crippen molar-refractivity contribution in [3.63, 3.8) is 0 Å². The number of imidazole rings is 1. The van der Waals surface area contributed by atoms with Gasteiger partial charge in [-0.25, -0.2) is 4.98 Å². The summed E-state index contributed by atoms with van der Waals surface area (Å²) in [6, 6.07) is 15.4. The topological polar surface area (TPSA) is 91.0 Å². The fourth-order valence-corrected chi connectivity index (χ4v) is 4.60. The van der Waals surface area contributed by atoms with Crippen molar-refractivity contribution in [1.82, 2.24) is 14.9 Å². The van der Waals surface area contributed by atoms with E-state index in [2.05, 4.69) is 16.0 Å². The number of carbonyl (C=O) groups excluding carboxylic acids is 2. The first kappa shape index (κ1) is 22.8. The van der Waals surface area contributed by atoms with Crippen molar-refractivity contribution in [1.29, 1.82) is 5.26 Å². The number of carbonyl (C=O) groups is 2. The number of para-hydroxylation sites is 1. The van der Waals surface area contributed by atoms with Crippen molar-refractivity contribution >= 4 is 40.1 Å². The summed E-state index contributed by atoms with van der Waals surface area (Å²) in [5.41, 5.74) is 3.63. The highest BCUT2D eigenvalue weighted by Crippen LogP contribution is 2.29. The van der Waals surface area contributed by atoms with Crippen LogP contribution in [0.15, 0.2) is 42.5 Å². The van der Waals surface area contributed by atoms with Gasteiger partial charge in [0.25, 0.3) is 0 Å². The van der Waals surface area contributed by atoms with E-state index in [0.717, 1.165) is 34.5 Å². The zero-order valence-electron chi connectivity index (χ0n) is 18.6.